The number of allylic oxidation sites excluding steroid dienone is 2. The molecular formula is C20H16F3NO2S. The summed E-state index contributed by atoms with van der Waals surface area (Å²) in [5.74, 6) is -0.595. The molecular weight excluding hydrogens is 375 g/mol. The van der Waals surface area contributed by atoms with Crippen LogP contribution in [0.25, 0.3) is 0 Å². The van der Waals surface area contributed by atoms with Gasteiger partial charge in [0.25, 0.3) is 0 Å². The second kappa shape index (κ2) is 6.64. The van der Waals surface area contributed by atoms with Gasteiger partial charge in [-0.25, -0.2) is 0 Å². The molecule has 1 aliphatic carbocycles. The molecule has 2 aliphatic rings. The van der Waals surface area contributed by atoms with Crippen LogP contribution in [0.3, 0.4) is 0 Å². The fourth-order valence-corrected chi connectivity index (χ4v) is 4.68. The number of nitrogens with zero attached hydrogens (tertiary/aromatic N) is 1. The first-order valence-corrected chi connectivity index (χ1v) is 9.54. The lowest BCUT2D eigenvalue weighted by Crippen LogP contribution is -2.40. The molecule has 0 saturated carbocycles. The highest BCUT2D eigenvalue weighted by atomic mass is 32.1. The fourth-order valence-electron chi connectivity index (χ4n) is 3.85. The maximum atomic E-state index is 13.1. The summed E-state index contributed by atoms with van der Waals surface area (Å²) in [4.78, 5) is 27.9. The Morgan fingerprint density at radius 3 is 2.59 bits per heavy atom. The van der Waals surface area contributed by atoms with Crippen molar-refractivity contribution in [3.05, 3.63) is 63.5 Å². The van der Waals surface area contributed by atoms with E-state index in [9.17, 15) is 22.8 Å². The molecule has 2 aromatic rings. The third-order valence-electron chi connectivity index (χ3n) is 4.99. The van der Waals surface area contributed by atoms with Crippen LogP contribution < -0.4 is 4.90 Å². The van der Waals surface area contributed by atoms with Crippen LogP contribution in [-0.4, -0.2) is 11.7 Å². The monoisotopic (exact) mass is 391 g/mol. The largest absolute Gasteiger partial charge is 0.416 e. The third kappa shape index (κ3) is 3.20. The van der Waals surface area contributed by atoms with Gasteiger partial charge >= 0.3 is 6.18 Å². The van der Waals surface area contributed by atoms with Gasteiger partial charge in [0, 0.05) is 40.6 Å². The topological polar surface area (TPSA) is 37.4 Å². The van der Waals surface area contributed by atoms with Crippen LogP contribution in [0.5, 0.6) is 0 Å². The van der Waals surface area contributed by atoms with E-state index in [0.29, 0.717) is 30.5 Å². The van der Waals surface area contributed by atoms with Crippen molar-refractivity contribution in [2.75, 3.05) is 4.90 Å². The maximum Gasteiger partial charge on any atom is 0.416 e. The number of benzene rings is 1. The molecule has 0 bridgehead atoms. The molecule has 0 fully saturated rings. The van der Waals surface area contributed by atoms with Crippen molar-refractivity contribution in [1.82, 2.24) is 0 Å². The van der Waals surface area contributed by atoms with E-state index in [-0.39, 0.29) is 29.7 Å². The molecule has 0 N–H and O–H groups in total. The molecule has 27 heavy (non-hydrogen) atoms. The van der Waals surface area contributed by atoms with E-state index >= 15 is 0 Å². The van der Waals surface area contributed by atoms with E-state index in [1.807, 2.05) is 17.5 Å². The van der Waals surface area contributed by atoms with Gasteiger partial charge in [0.2, 0.25) is 5.91 Å². The van der Waals surface area contributed by atoms with Gasteiger partial charge in [0.15, 0.2) is 5.78 Å². The molecule has 0 radical (unpaired) electrons. The molecule has 3 nitrogen and oxygen atoms in total. The van der Waals surface area contributed by atoms with Crippen LogP contribution in [0.2, 0.25) is 0 Å². The Morgan fingerprint density at radius 1 is 1.07 bits per heavy atom. The molecule has 0 unspecified atom stereocenters. The minimum atomic E-state index is -4.49. The van der Waals surface area contributed by atoms with E-state index in [1.54, 1.807) is 0 Å². The van der Waals surface area contributed by atoms with E-state index in [4.69, 9.17) is 0 Å². The summed E-state index contributed by atoms with van der Waals surface area (Å²) in [6.07, 6.45) is -2.90. The van der Waals surface area contributed by atoms with Crippen LogP contribution in [-0.2, 0) is 15.8 Å². The number of Topliss-reactive ketones (excluding diaryl/α,β-unsaturated/α-hetero) is 1. The lowest BCUT2D eigenvalue weighted by atomic mass is 9.79. The van der Waals surface area contributed by atoms with Crippen LogP contribution in [0.15, 0.2) is 53.0 Å². The Labute approximate surface area is 158 Å². The third-order valence-corrected chi connectivity index (χ3v) is 5.98. The molecule has 1 amide bonds. The highest BCUT2D eigenvalue weighted by Gasteiger charge is 2.40. The zero-order valence-electron chi connectivity index (χ0n) is 14.3. The summed E-state index contributed by atoms with van der Waals surface area (Å²) in [7, 11) is 0. The van der Waals surface area contributed by atoms with Gasteiger partial charge in [-0.3, -0.25) is 14.5 Å². The molecule has 7 heteroatoms. The van der Waals surface area contributed by atoms with Gasteiger partial charge in [0.05, 0.1) is 5.56 Å². The maximum absolute atomic E-state index is 13.1. The van der Waals surface area contributed by atoms with E-state index in [0.717, 1.165) is 17.0 Å². The summed E-state index contributed by atoms with van der Waals surface area (Å²) < 4.78 is 39.3. The Hall–Kier alpha value is -2.41. The van der Waals surface area contributed by atoms with Gasteiger partial charge in [-0.05, 0) is 42.5 Å². The van der Waals surface area contributed by atoms with Crippen LogP contribution in [0.1, 0.15) is 42.0 Å². The summed E-state index contributed by atoms with van der Waals surface area (Å²) in [5, 5.41) is 1.90. The van der Waals surface area contributed by atoms with Crippen LogP contribution >= 0.6 is 11.3 Å². The number of carbonyl (C=O) groups excluding carboxylic acids is 2. The number of anilines is 1. The van der Waals surface area contributed by atoms with Gasteiger partial charge in [-0.15, -0.1) is 11.3 Å². The van der Waals surface area contributed by atoms with Crippen molar-refractivity contribution in [2.24, 2.45) is 0 Å². The number of rotatable bonds is 2. The lowest BCUT2D eigenvalue weighted by molar-refractivity contribution is -0.137. The zero-order chi connectivity index (χ0) is 19.2. The minimum absolute atomic E-state index is 0.0147. The number of amides is 1. The van der Waals surface area contributed by atoms with Gasteiger partial charge in [0.1, 0.15) is 0 Å². The molecule has 1 aromatic carbocycles. The second-order valence-electron chi connectivity index (χ2n) is 6.69. The molecule has 0 saturated heterocycles. The first-order chi connectivity index (χ1) is 12.9. The lowest BCUT2D eigenvalue weighted by Gasteiger charge is -2.38. The van der Waals surface area contributed by atoms with E-state index in [1.165, 1.54) is 28.4 Å². The molecule has 1 aromatic heterocycles. The SMILES string of the molecule is O=C1CCCC2=C1[C@@H](c1cccs1)CC(=O)N2c1cccc(C(F)(F)F)c1. The Morgan fingerprint density at radius 2 is 1.89 bits per heavy atom. The second-order valence-corrected chi connectivity index (χ2v) is 7.67. The minimum Gasteiger partial charge on any atom is -0.294 e. The first-order valence-electron chi connectivity index (χ1n) is 8.66. The number of ketones is 1. The standard InChI is InChI=1S/C20H16F3NO2S/c21-20(22,23)12-4-1-5-13(10-12)24-15-6-2-7-16(25)19(15)14(11-18(24)26)17-8-3-9-27-17/h1,3-5,8-10,14H,2,6-7,11H2/t14-/m1/s1. The van der Waals surface area contributed by atoms with Crippen molar-refractivity contribution in [3.8, 4) is 0 Å². The number of halogens is 3. The summed E-state index contributed by atoms with van der Waals surface area (Å²) in [5.41, 5.74) is 0.500. The number of thiophene rings is 1. The normalized spacial score (nSPS) is 20.9. The number of alkyl halides is 3. The highest BCUT2D eigenvalue weighted by molar-refractivity contribution is 7.10. The predicted octanol–water partition coefficient (Wildman–Crippen LogP) is 5.29. The summed E-state index contributed by atoms with van der Waals surface area (Å²) in [6.45, 7) is 0. The van der Waals surface area contributed by atoms with Gasteiger partial charge < -0.3 is 0 Å². The average molecular weight is 391 g/mol. The Bertz CT molecular complexity index is 931. The van der Waals surface area contributed by atoms with Crippen molar-refractivity contribution < 1.29 is 22.8 Å². The van der Waals surface area contributed by atoms with Crippen molar-refractivity contribution in [2.45, 2.75) is 37.8 Å². The van der Waals surface area contributed by atoms with Gasteiger partial charge in [-0.2, -0.15) is 13.2 Å². The van der Waals surface area contributed by atoms with E-state index in [2.05, 4.69) is 0 Å². The molecule has 2 heterocycles. The zero-order valence-corrected chi connectivity index (χ0v) is 15.1. The number of hydrogen-bond acceptors (Lipinski definition) is 3. The predicted molar refractivity (Wildman–Crippen MR) is 96.5 cm³/mol. The van der Waals surface area contributed by atoms with Crippen molar-refractivity contribution in [1.29, 1.82) is 0 Å². The number of hydrogen-bond donors (Lipinski definition) is 0. The number of carbonyl (C=O) groups is 2. The average Bonchev–Trinajstić information content (AvgIpc) is 3.15. The molecule has 4 rings (SSSR count). The molecule has 140 valence electrons. The fraction of sp³-hybridized carbons (Fsp3) is 0.300. The Balaban J connectivity index is 1.84. The highest BCUT2D eigenvalue weighted by Crippen LogP contribution is 2.45. The van der Waals surface area contributed by atoms with Crippen LogP contribution in [0.4, 0.5) is 18.9 Å². The smallest absolute Gasteiger partial charge is 0.294 e. The molecule has 0 spiro atoms. The molecule has 1 atom stereocenters. The summed E-state index contributed by atoms with van der Waals surface area (Å²) in [6, 6.07) is 8.51. The quantitative estimate of drug-likeness (QED) is 0.697. The van der Waals surface area contributed by atoms with Crippen LogP contribution in [0, 0.1) is 0 Å². The summed E-state index contributed by atoms with van der Waals surface area (Å²) >= 11 is 1.49. The first kappa shape index (κ1) is 18.0. The van der Waals surface area contributed by atoms with Gasteiger partial charge in [-0.1, -0.05) is 12.1 Å². The molecule has 1 aliphatic heterocycles. The van der Waals surface area contributed by atoms with Crippen molar-refractivity contribution >= 4 is 28.7 Å². The Kier molecular flexibility index (Phi) is 4.42. The van der Waals surface area contributed by atoms with E-state index < -0.39 is 11.7 Å². The van der Waals surface area contributed by atoms with Crippen molar-refractivity contribution in [3.63, 3.8) is 0 Å².